The summed E-state index contributed by atoms with van der Waals surface area (Å²) < 4.78 is 5.75. The normalized spacial score (nSPS) is 27.3. The molecule has 29 heavy (non-hydrogen) atoms. The lowest BCUT2D eigenvalue weighted by Crippen LogP contribution is -2.49. The van der Waals surface area contributed by atoms with Gasteiger partial charge in [0.2, 0.25) is 5.91 Å². The Balaban J connectivity index is 1.78. The first-order chi connectivity index (χ1) is 13.6. The van der Waals surface area contributed by atoms with Gasteiger partial charge in [-0.25, -0.2) is 0 Å². The first-order valence-electron chi connectivity index (χ1n) is 11.4. The van der Waals surface area contributed by atoms with Crippen LogP contribution in [-0.2, 0) is 19.1 Å². The van der Waals surface area contributed by atoms with Gasteiger partial charge in [0.1, 0.15) is 6.10 Å². The number of Topliss-reactive ketones (excluding diaryl/α,β-unsaturated/α-hetero) is 1. The van der Waals surface area contributed by atoms with Crippen LogP contribution in [0.15, 0.2) is 0 Å². The van der Waals surface area contributed by atoms with Crippen molar-refractivity contribution in [2.45, 2.75) is 97.6 Å². The molecule has 0 aromatic carbocycles. The Labute approximate surface area is 176 Å². The lowest BCUT2D eigenvalue weighted by molar-refractivity contribution is -0.150. The van der Waals surface area contributed by atoms with E-state index in [0.29, 0.717) is 12.3 Å². The molecule has 1 atom stereocenters. The Morgan fingerprint density at radius 3 is 2.34 bits per heavy atom. The van der Waals surface area contributed by atoms with E-state index in [1.807, 2.05) is 0 Å². The predicted molar refractivity (Wildman–Crippen MR) is 113 cm³/mol. The van der Waals surface area contributed by atoms with Crippen LogP contribution in [0.5, 0.6) is 0 Å². The fourth-order valence-electron chi connectivity index (χ4n) is 4.95. The van der Waals surface area contributed by atoms with Gasteiger partial charge in [0.25, 0.3) is 0 Å². The Bertz CT molecular complexity index is 590. The van der Waals surface area contributed by atoms with Gasteiger partial charge in [-0.1, -0.05) is 13.8 Å². The van der Waals surface area contributed by atoms with Crippen LogP contribution in [0.2, 0.25) is 0 Å². The highest BCUT2D eigenvalue weighted by Gasteiger charge is 2.50. The maximum atomic E-state index is 12.6. The first kappa shape index (κ1) is 23.8. The molecular weight excluding hydrogens is 368 g/mol. The van der Waals surface area contributed by atoms with Crippen molar-refractivity contribution in [3.8, 4) is 0 Å². The summed E-state index contributed by atoms with van der Waals surface area (Å²) in [6.07, 6.45) is 6.85. The summed E-state index contributed by atoms with van der Waals surface area (Å²) in [5.74, 6) is 0.367. The van der Waals surface area contributed by atoms with Crippen molar-refractivity contribution in [3.63, 3.8) is 0 Å². The van der Waals surface area contributed by atoms with Gasteiger partial charge in [-0.3, -0.25) is 14.4 Å². The SMILES string of the molecule is CCN(CC)CC[C@H]1CC2(CCC(CCC(=O)C(C)(C)NC(C)=O)CC2)C(=O)O1. The second-order valence-electron chi connectivity index (χ2n) is 9.54. The Kier molecular flexibility index (Phi) is 8.27. The number of carbonyl (C=O) groups is 3. The number of nitrogens with one attached hydrogen (secondary N) is 1. The molecule has 2 aliphatic rings. The number of esters is 1. The van der Waals surface area contributed by atoms with E-state index < -0.39 is 5.54 Å². The second-order valence-corrected chi connectivity index (χ2v) is 9.54. The van der Waals surface area contributed by atoms with Crippen LogP contribution in [0.1, 0.15) is 86.0 Å². The minimum atomic E-state index is -0.810. The molecule has 1 amide bonds. The highest BCUT2D eigenvalue weighted by molar-refractivity contribution is 5.91. The summed E-state index contributed by atoms with van der Waals surface area (Å²) in [5.41, 5.74) is -1.10. The van der Waals surface area contributed by atoms with Gasteiger partial charge in [-0.2, -0.15) is 0 Å². The van der Waals surface area contributed by atoms with Crippen molar-refractivity contribution < 1.29 is 19.1 Å². The number of nitrogens with zero attached hydrogens (tertiary/aromatic N) is 1. The number of ether oxygens (including phenoxy) is 1. The fourth-order valence-corrected chi connectivity index (χ4v) is 4.95. The molecule has 1 aliphatic heterocycles. The van der Waals surface area contributed by atoms with Gasteiger partial charge >= 0.3 is 5.97 Å². The molecule has 1 heterocycles. The summed E-state index contributed by atoms with van der Waals surface area (Å²) in [6, 6.07) is 0. The molecule has 6 nitrogen and oxygen atoms in total. The van der Waals surface area contributed by atoms with Crippen molar-refractivity contribution in [3.05, 3.63) is 0 Å². The molecule has 166 valence electrons. The summed E-state index contributed by atoms with van der Waals surface area (Å²) >= 11 is 0. The molecule has 2 fully saturated rings. The monoisotopic (exact) mass is 408 g/mol. The molecule has 1 spiro atoms. The lowest BCUT2D eigenvalue weighted by Gasteiger charge is -2.34. The quantitative estimate of drug-likeness (QED) is 0.560. The Hall–Kier alpha value is -1.43. The van der Waals surface area contributed by atoms with Gasteiger partial charge in [-0.15, -0.1) is 0 Å². The van der Waals surface area contributed by atoms with Gasteiger partial charge < -0.3 is 15.0 Å². The number of hydrogen-bond acceptors (Lipinski definition) is 5. The number of rotatable bonds is 10. The first-order valence-corrected chi connectivity index (χ1v) is 11.4. The van der Waals surface area contributed by atoms with Crippen LogP contribution in [0.3, 0.4) is 0 Å². The number of hydrogen-bond donors (Lipinski definition) is 1. The minimum Gasteiger partial charge on any atom is -0.462 e. The van der Waals surface area contributed by atoms with Crippen molar-refractivity contribution in [1.29, 1.82) is 0 Å². The second kappa shape index (κ2) is 10.1. The van der Waals surface area contributed by atoms with E-state index in [2.05, 4.69) is 24.1 Å². The zero-order valence-corrected chi connectivity index (χ0v) is 19.0. The average Bonchev–Trinajstić information content (AvgIpc) is 2.96. The van der Waals surface area contributed by atoms with Crippen LogP contribution in [-0.4, -0.2) is 53.8 Å². The van der Waals surface area contributed by atoms with E-state index in [4.69, 9.17) is 4.74 Å². The number of carbonyl (C=O) groups excluding carboxylic acids is 3. The van der Waals surface area contributed by atoms with Crippen LogP contribution in [0.4, 0.5) is 0 Å². The molecular formula is C23H40N2O4. The van der Waals surface area contributed by atoms with E-state index in [0.717, 1.165) is 64.6 Å². The van der Waals surface area contributed by atoms with Crippen molar-refractivity contribution in [2.24, 2.45) is 11.3 Å². The van der Waals surface area contributed by atoms with Gasteiger partial charge in [0, 0.05) is 26.3 Å². The third-order valence-corrected chi connectivity index (χ3v) is 7.01. The van der Waals surface area contributed by atoms with Crippen LogP contribution in [0, 0.1) is 11.3 Å². The molecule has 0 aromatic rings. The zero-order valence-electron chi connectivity index (χ0n) is 19.0. The molecule has 1 saturated carbocycles. The third-order valence-electron chi connectivity index (χ3n) is 7.01. The smallest absolute Gasteiger partial charge is 0.312 e. The van der Waals surface area contributed by atoms with Crippen LogP contribution < -0.4 is 5.32 Å². The summed E-state index contributed by atoms with van der Waals surface area (Å²) in [7, 11) is 0. The molecule has 0 radical (unpaired) electrons. The summed E-state index contributed by atoms with van der Waals surface area (Å²) in [4.78, 5) is 38.7. The van der Waals surface area contributed by atoms with Crippen molar-refractivity contribution in [2.75, 3.05) is 19.6 Å². The number of cyclic esters (lactones) is 1. The maximum absolute atomic E-state index is 12.6. The summed E-state index contributed by atoms with van der Waals surface area (Å²) in [6.45, 7) is 12.3. The minimum absolute atomic E-state index is 0.00312. The van der Waals surface area contributed by atoms with Crippen LogP contribution in [0.25, 0.3) is 0 Å². The molecule has 0 unspecified atom stereocenters. The number of ketones is 1. The zero-order chi connectivity index (χ0) is 21.7. The van der Waals surface area contributed by atoms with E-state index in [9.17, 15) is 14.4 Å². The highest BCUT2D eigenvalue weighted by atomic mass is 16.6. The Morgan fingerprint density at radius 1 is 1.17 bits per heavy atom. The van der Waals surface area contributed by atoms with E-state index in [1.54, 1.807) is 13.8 Å². The Morgan fingerprint density at radius 2 is 1.79 bits per heavy atom. The standard InChI is InChI=1S/C23H40N2O4/c1-6-25(7-2)15-12-19-16-23(21(28)29-19)13-10-18(11-14-23)8-9-20(27)22(4,5)24-17(3)26/h18-19H,6-16H2,1-5H3,(H,24,26)/t18?,19-,23?/m0/s1. The molecule has 1 saturated heterocycles. The van der Waals surface area contributed by atoms with E-state index in [1.165, 1.54) is 6.92 Å². The molecule has 1 aliphatic carbocycles. The summed E-state index contributed by atoms with van der Waals surface area (Å²) in [5, 5.41) is 2.73. The lowest BCUT2D eigenvalue weighted by atomic mass is 9.67. The molecule has 1 N–H and O–H groups in total. The van der Waals surface area contributed by atoms with Gasteiger partial charge in [0.15, 0.2) is 5.78 Å². The van der Waals surface area contributed by atoms with Gasteiger partial charge in [0.05, 0.1) is 11.0 Å². The fraction of sp³-hybridized carbons (Fsp3) is 0.870. The maximum Gasteiger partial charge on any atom is 0.312 e. The van der Waals surface area contributed by atoms with Crippen molar-refractivity contribution >= 4 is 17.7 Å². The number of amides is 1. The van der Waals surface area contributed by atoms with E-state index in [-0.39, 0.29) is 29.2 Å². The predicted octanol–water partition coefficient (Wildman–Crippen LogP) is 3.47. The van der Waals surface area contributed by atoms with Crippen molar-refractivity contribution in [1.82, 2.24) is 10.2 Å². The largest absolute Gasteiger partial charge is 0.462 e. The highest BCUT2D eigenvalue weighted by Crippen LogP contribution is 2.49. The molecule has 2 rings (SSSR count). The van der Waals surface area contributed by atoms with Gasteiger partial charge in [-0.05, 0) is 71.4 Å². The molecule has 0 aromatic heterocycles. The molecule has 0 bridgehead atoms. The topological polar surface area (TPSA) is 75.7 Å². The third kappa shape index (κ3) is 6.27. The molecule has 6 heteroatoms. The van der Waals surface area contributed by atoms with Crippen LogP contribution >= 0.6 is 0 Å². The van der Waals surface area contributed by atoms with E-state index >= 15 is 0 Å². The average molecular weight is 409 g/mol.